The summed E-state index contributed by atoms with van der Waals surface area (Å²) in [7, 11) is 0. The second-order valence-electron chi connectivity index (χ2n) is 5.87. The number of alkyl halides is 3. The molecule has 24 heavy (non-hydrogen) atoms. The summed E-state index contributed by atoms with van der Waals surface area (Å²) in [6.07, 6.45) is 0.643. The van der Waals surface area contributed by atoms with Crippen molar-refractivity contribution in [1.29, 1.82) is 0 Å². The van der Waals surface area contributed by atoms with Crippen LogP contribution in [0.15, 0.2) is 10.9 Å². The first-order valence-corrected chi connectivity index (χ1v) is 8.90. The number of halogens is 3. The molecule has 2 N–H and O–H groups in total. The maximum atomic E-state index is 12.6. The Labute approximate surface area is 141 Å². The van der Waals surface area contributed by atoms with Crippen molar-refractivity contribution >= 4 is 17.7 Å². The Morgan fingerprint density at radius 3 is 2.71 bits per heavy atom. The van der Waals surface area contributed by atoms with Gasteiger partial charge in [-0.25, -0.2) is 4.98 Å². The van der Waals surface area contributed by atoms with Crippen LogP contribution in [0.5, 0.6) is 0 Å². The summed E-state index contributed by atoms with van der Waals surface area (Å²) in [6, 6.07) is 0.605. The van der Waals surface area contributed by atoms with Crippen molar-refractivity contribution in [3.05, 3.63) is 27.9 Å². The largest absolute Gasteiger partial charge is 0.433 e. The molecule has 0 bridgehead atoms. The lowest BCUT2D eigenvalue weighted by atomic mass is 9.95. The topological polar surface area (TPSA) is 74.8 Å². The van der Waals surface area contributed by atoms with Crippen LogP contribution in [0.4, 0.5) is 13.2 Å². The van der Waals surface area contributed by atoms with Crippen molar-refractivity contribution in [2.75, 3.05) is 0 Å². The number of H-pyrrole nitrogens is 1. The average molecular weight is 363 g/mol. The highest BCUT2D eigenvalue weighted by Crippen LogP contribution is 2.27. The van der Waals surface area contributed by atoms with Crippen LogP contribution < -0.4 is 10.9 Å². The lowest BCUT2D eigenvalue weighted by Gasteiger charge is -2.24. The molecule has 0 saturated heterocycles. The number of rotatable bonds is 5. The normalized spacial score (nSPS) is 17.5. The van der Waals surface area contributed by atoms with E-state index < -0.39 is 22.7 Å². The smallest absolute Gasteiger partial charge is 0.352 e. The van der Waals surface area contributed by atoms with Gasteiger partial charge in [0.15, 0.2) is 5.69 Å². The Hall–Kier alpha value is -1.51. The van der Waals surface area contributed by atoms with Gasteiger partial charge in [-0.05, 0) is 19.8 Å². The third-order valence-corrected chi connectivity index (χ3v) is 5.03. The molecule has 2 rings (SSSR count). The number of nitrogens with zero attached hydrogens (tertiary/aromatic N) is 1. The number of amides is 1. The van der Waals surface area contributed by atoms with Crippen LogP contribution in [-0.2, 0) is 16.7 Å². The van der Waals surface area contributed by atoms with E-state index >= 15 is 0 Å². The molecule has 0 spiro atoms. The van der Waals surface area contributed by atoms with E-state index in [-0.39, 0.29) is 23.5 Å². The van der Waals surface area contributed by atoms with E-state index in [0.29, 0.717) is 6.07 Å². The summed E-state index contributed by atoms with van der Waals surface area (Å²) in [4.78, 5) is 29.1. The van der Waals surface area contributed by atoms with Gasteiger partial charge in [0.2, 0.25) is 5.91 Å². The van der Waals surface area contributed by atoms with Gasteiger partial charge in [-0.2, -0.15) is 13.2 Å². The monoisotopic (exact) mass is 363 g/mol. The molecule has 1 aliphatic rings. The molecule has 1 aromatic rings. The minimum absolute atomic E-state index is 0.0262. The second-order valence-corrected chi connectivity index (χ2v) is 7.20. The van der Waals surface area contributed by atoms with Crippen LogP contribution in [0.2, 0.25) is 0 Å². The van der Waals surface area contributed by atoms with E-state index in [0.717, 1.165) is 37.4 Å². The number of aromatic amines is 1. The fraction of sp³-hybridized carbons (Fsp3) is 0.667. The van der Waals surface area contributed by atoms with E-state index in [1.807, 2.05) is 0 Å². The molecule has 0 aliphatic heterocycles. The van der Waals surface area contributed by atoms with Crippen LogP contribution in [0.1, 0.15) is 50.5 Å². The number of hydrogen-bond acceptors (Lipinski definition) is 4. The number of hydrogen-bond donors (Lipinski definition) is 2. The molecule has 1 fully saturated rings. The molecule has 1 amide bonds. The van der Waals surface area contributed by atoms with Crippen LogP contribution in [-0.4, -0.2) is 27.2 Å². The first-order valence-electron chi connectivity index (χ1n) is 7.85. The van der Waals surface area contributed by atoms with Crippen LogP contribution in [0.3, 0.4) is 0 Å². The van der Waals surface area contributed by atoms with Gasteiger partial charge in [0.25, 0.3) is 5.56 Å². The minimum atomic E-state index is -4.67. The van der Waals surface area contributed by atoms with Crippen molar-refractivity contribution in [3.8, 4) is 0 Å². The molecule has 1 aromatic heterocycles. The van der Waals surface area contributed by atoms with Gasteiger partial charge in [-0.1, -0.05) is 19.3 Å². The minimum Gasteiger partial charge on any atom is -0.352 e. The van der Waals surface area contributed by atoms with Crippen molar-refractivity contribution in [3.63, 3.8) is 0 Å². The number of aromatic nitrogens is 2. The zero-order chi connectivity index (χ0) is 17.7. The Morgan fingerprint density at radius 1 is 1.42 bits per heavy atom. The Kier molecular flexibility index (Phi) is 6.31. The summed E-state index contributed by atoms with van der Waals surface area (Å²) < 4.78 is 37.9. The third kappa shape index (κ3) is 5.54. The molecule has 5 nitrogen and oxygen atoms in total. The van der Waals surface area contributed by atoms with Gasteiger partial charge in [0, 0.05) is 12.1 Å². The lowest BCUT2D eigenvalue weighted by Crippen LogP contribution is -2.40. The van der Waals surface area contributed by atoms with E-state index in [4.69, 9.17) is 0 Å². The molecule has 134 valence electrons. The molecule has 0 aromatic carbocycles. The summed E-state index contributed by atoms with van der Waals surface area (Å²) in [6.45, 7) is 1.69. The lowest BCUT2D eigenvalue weighted by molar-refractivity contribution is -0.141. The van der Waals surface area contributed by atoms with E-state index in [1.54, 1.807) is 6.92 Å². The summed E-state index contributed by atoms with van der Waals surface area (Å²) in [5.74, 6) is -0.198. The highest BCUT2D eigenvalue weighted by Gasteiger charge is 2.33. The first kappa shape index (κ1) is 18.8. The van der Waals surface area contributed by atoms with Crippen molar-refractivity contribution in [1.82, 2.24) is 15.3 Å². The third-order valence-electron chi connectivity index (χ3n) is 3.87. The number of nitrogens with one attached hydrogen (secondary N) is 2. The zero-order valence-corrected chi connectivity index (χ0v) is 14.1. The molecule has 1 saturated carbocycles. The van der Waals surface area contributed by atoms with E-state index in [2.05, 4.69) is 15.3 Å². The van der Waals surface area contributed by atoms with Gasteiger partial charge in [-0.3, -0.25) is 9.59 Å². The molecule has 9 heteroatoms. The zero-order valence-electron chi connectivity index (χ0n) is 13.3. The van der Waals surface area contributed by atoms with E-state index in [1.165, 1.54) is 6.42 Å². The maximum absolute atomic E-state index is 12.6. The molecule has 1 unspecified atom stereocenters. The first-order chi connectivity index (χ1) is 11.3. The predicted octanol–water partition coefficient (Wildman–Crippen LogP) is 2.86. The maximum Gasteiger partial charge on any atom is 0.433 e. The van der Waals surface area contributed by atoms with Gasteiger partial charge in [0.1, 0.15) is 5.82 Å². The Balaban J connectivity index is 1.91. The number of carbonyl (C=O) groups is 1. The van der Waals surface area contributed by atoms with Crippen LogP contribution in [0, 0.1) is 0 Å². The Morgan fingerprint density at radius 2 is 2.08 bits per heavy atom. The van der Waals surface area contributed by atoms with Gasteiger partial charge < -0.3 is 10.3 Å². The molecular formula is C15H20F3N3O2S. The standard InChI is InChI=1S/C15H20F3N3O2S/c1-9(14(23)19-10-5-3-2-4-6-10)24-8-12-20-11(15(16,17)18)7-13(22)21-12/h7,9-10H,2-6,8H2,1H3,(H,19,23)(H,20,21,22). The summed E-state index contributed by atoms with van der Waals surface area (Å²) in [5.41, 5.74) is -2.08. The van der Waals surface area contributed by atoms with Gasteiger partial charge >= 0.3 is 6.18 Å². The highest BCUT2D eigenvalue weighted by atomic mass is 32.2. The highest BCUT2D eigenvalue weighted by molar-refractivity contribution is 7.99. The molecule has 0 radical (unpaired) electrons. The second kappa shape index (κ2) is 8.04. The SMILES string of the molecule is CC(SCc1nc(C(F)(F)F)cc(=O)[nH]1)C(=O)NC1CCCCC1. The van der Waals surface area contributed by atoms with Gasteiger partial charge in [0.05, 0.1) is 11.0 Å². The Bertz CT molecular complexity index is 627. The summed E-state index contributed by atoms with van der Waals surface area (Å²) >= 11 is 1.14. The average Bonchev–Trinajstić information content (AvgIpc) is 2.52. The van der Waals surface area contributed by atoms with Crippen LogP contribution >= 0.6 is 11.8 Å². The molecule has 1 heterocycles. The molecule has 1 atom stereocenters. The summed E-state index contributed by atoms with van der Waals surface area (Å²) in [5, 5.41) is 2.53. The molecular weight excluding hydrogens is 343 g/mol. The van der Waals surface area contributed by atoms with Crippen molar-refractivity contribution < 1.29 is 18.0 Å². The molecule has 1 aliphatic carbocycles. The fourth-order valence-corrected chi connectivity index (χ4v) is 3.33. The van der Waals surface area contributed by atoms with E-state index in [9.17, 15) is 22.8 Å². The predicted molar refractivity (Wildman–Crippen MR) is 85.6 cm³/mol. The fourth-order valence-electron chi connectivity index (χ4n) is 2.57. The van der Waals surface area contributed by atoms with Crippen molar-refractivity contribution in [2.45, 2.75) is 62.2 Å². The quantitative estimate of drug-likeness (QED) is 0.844. The number of carbonyl (C=O) groups excluding carboxylic acids is 1. The number of thioether (sulfide) groups is 1. The van der Waals surface area contributed by atoms with Gasteiger partial charge in [-0.15, -0.1) is 11.8 Å². The van der Waals surface area contributed by atoms with Crippen molar-refractivity contribution in [2.24, 2.45) is 0 Å². The van der Waals surface area contributed by atoms with Crippen LogP contribution in [0.25, 0.3) is 0 Å².